The predicted molar refractivity (Wildman–Crippen MR) is 100 cm³/mol. The average molecular weight is 366 g/mol. The number of amides is 1. The van der Waals surface area contributed by atoms with Crippen LogP contribution in [0, 0.1) is 0 Å². The van der Waals surface area contributed by atoms with Gasteiger partial charge in [0.05, 0.1) is 18.1 Å². The summed E-state index contributed by atoms with van der Waals surface area (Å²) in [5.41, 5.74) is 7.90. The first kappa shape index (κ1) is 19.2. The van der Waals surface area contributed by atoms with Crippen molar-refractivity contribution in [1.82, 2.24) is 5.32 Å². The number of sulfone groups is 1. The van der Waals surface area contributed by atoms with Crippen molar-refractivity contribution in [2.45, 2.75) is 38.6 Å². The minimum absolute atomic E-state index is 0.0257. The van der Waals surface area contributed by atoms with Gasteiger partial charge in [-0.25, -0.2) is 8.42 Å². The molecule has 0 bridgehead atoms. The van der Waals surface area contributed by atoms with Gasteiger partial charge in [0, 0.05) is 18.2 Å². The molecule has 1 heterocycles. The van der Waals surface area contributed by atoms with E-state index in [4.69, 9.17) is 5.73 Å². The van der Waals surface area contributed by atoms with Crippen LogP contribution in [0.3, 0.4) is 0 Å². The van der Waals surface area contributed by atoms with Gasteiger partial charge < -0.3 is 16.4 Å². The van der Waals surface area contributed by atoms with Crippen LogP contribution in [-0.4, -0.2) is 44.4 Å². The smallest absolute Gasteiger partial charge is 0.222 e. The Morgan fingerprint density at radius 2 is 2.16 bits per heavy atom. The zero-order chi connectivity index (χ0) is 18.4. The van der Waals surface area contributed by atoms with Gasteiger partial charge in [0.25, 0.3) is 0 Å². The second-order valence-electron chi connectivity index (χ2n) is 6.59. The first-order valence-electron chi connectivity index (χ1n) is 8.42. The summed E-state index contributed by atoms with van der Waals surface area (Å²) < 4.78 is 22.7. The molecule has 1 saturated heterocycles. The molecule has 1 aromatic rings. The van der Waals surface area contributed by atoms with Gasteiger partial charge in [0.15, 0.2) is 15.8 Å². The summed E-state index contributed by atoms with van der Waals surface area (Å²) in [6.45, 7) is 4.48. The monoisotopic (exact) mass is 366 g/mol. The number of nitrogens with one attached hydrogen (secondary N) is 2. The Bertz CT molecular complexity index is 744. The van der Waals surface area contributed by atoms with Crippen LogP contribution in [0.5, 0.6) is 0 Å². The number of guanidine groups is 1. The van der Waals surface area contributed by atoms with E-state index in [2.05, 4.69) is 35.5 Å². The highest BCUT2D eigenvalue weighted by Gasteiger charge is 2.28. The number of hydrogen-bond donors (Lipinski definition) is 3. The molecule has 7 nitrogen and oxygen atoms in total. The molecule has 0 spiro atoms. The van der Waals surface area contributed by atoms with Crippen LogP contribution in [0.15, 0.2) is 29.3 Å². The Labute approximate surface area is 149 Å². The van der Waals surface area contributed by atoms with Crippen LogP contribution in [0.4, 0.5) is 5.69 Å². The number of carbonyl (C=O) groups is 1. The first-order chi connectivity index (χ1) is 11.7. The quantitative estimate of drug-likeness (QED) is 0.518. The largest absolute Gasteiger partial charge is 0.370 e. The maximum absolute atomic E-state index is 11.8. The molecule has 1 atom stereocenters. The van der Waals surface area contributed by atoms with Crippen LogP contribution < -0.4 is 16.4 Å². The second kappa shape index (κ2) is 8.33. The van der Waals surface area contributed by atoms with E-state index in [0.29, 0.717) is 12.3 Å². The van der Waals surface area contributed by atoms with E-state index in [1.54, 1.807) is 0 Å². The van der Waals surface area contributed by atoms with E-state index in [9.17, 15) is 13.2 Å². The summed E-state index contributed by atoms with van der Waals surface area (Å²) >= 11 is 0. The lowest BCUT2D eigenvalue weighted by molar-refractivity contribution is -0.121. The molecule has 1 fully saturated rings. The molecule has 0 radical (unpaired) electrons. The lowest BCUT2D eigenvalue weighted by Crippen LogP contribution is -2.36. The van der Waals surface area contributed by atoms with E-state index in [1.807, 2.05) is 18.2 Å². The Kier molecular flexibility index (Phi) is 6.41. The molecule has 138 valence electrons. The van der Waals surface area contributed by atoms with E-state index in [-0.39, 0.29) is 42.4 Å². The zero-order valence-corrected chi connectivity index (χ0v) is 15.5. The van der Waals surface area contributed by atoms with Gasteiger partial charge in [0.1, 0.15) is 0 Å². The minimum Gasteiger partial charge on any atom is -0.370 e. The van der Waals surface area contributed by atoms with Gasteiger partial charge in [-0.1, -0.05) is 26.0 Å². The topological polar surface area (TPSA) is 114 Å². The van der Waals surface area contributed by atoms with Crippen molar-refractivity contribution in [3.8, 4) is 0 Å². The molecule has 0 aliphatic carbocycles. The average Bonchev–Trinajstić information content (AvgIpc) is 2.86. The Balaban J connectivity index is 1.77. The molecule has 1 aromatic carbocycles. The number of nitrogens with two attached hydrogens (primary N) is 1. The van der Waals surface area contributed by atoms with Crippen LogP contribution in [-0.2, 0) is 14.6 Å². The van der Waals surface area contributed by atoms with Gasteiger partial charge in [-0.3, -0.25) is 9.79 Å². The number of carbonyl (C=O) groups excluding carboxylic acids is 1. The van der Waals surface area contributed by atoms with Gasteiger partial charge >= 0.3 is 0 Å². The van der Waals surface area contributed by atoms with Crippen LogP contribution in [0.2, 0.25) is 0 Å². The third-order valence-electron chi connectivity index (χ3n) is 4.04. The standard InChI is InChI=1S/C17H26N4O3S/c1-12(2)13-4-3-5-14(10-13)21-17(18)19-8-6-16(22)20-15-7-9-25(23,24)11-15/h3-5,10,12,15H,6-9,11H2,1-2H3,(H,20,22)(H3,18,19,21). The molecule has 2 rings (SSSR count). The first-order valence-corrected chi connectivity index (χ1v) is 10.2. The maximum Gasteiger partial charge on any atom is 0.222 e. The summed E-state index contributed by atoms with van der Waals surface area (Å²) in [5, 5.41) is 5.74. The van der Waals surface area contributed by atoms with E-state index < -0.39 is 9.84 Å². The summed E-state index contributed by atoms with van der Waals surface area (Å²) in [7, 11) is -2.99. The number of benzene rings is 1. The lowest BCUT2D eigenvalue weighted by Gasteiger charge is -2.11. The molecule has 8 heteroatoms. The summed E-state index contributed by atoms with van der Waals surface area (Å²) in [6, 6.07) is 7.64. The van der Waals surface area contributed by atoms with Crippen LogP contribution in [0.25, 0.3) is 0 Å². The number of nitrogens with zero attached hydrogens (tertiary/aromatic N) is 1. The van der Waals surface area contributed by atoms with Gasteiger partial charge in [-0.15, -0.1) is 0 Å². The second-order valence-corrected chi connectivity index (χ2v) is 8.82. The number of anilines is 1. The van der Waals surface area contributed by atoms with E-state index >= 15 is 0 Å². The molecular weight excluding hydrogens is 340 g/mol. The van der Waals surface area contributed by atoms with E-state index in [1.165, 1.54) is 5.56 Å². The molecule has 0 saturated carbocycles. The Hall–Kier alpha value is -2.09. The molecule has 1 aliphatic heterocycles. The third kappa shape index (κ3) is 6.38. The molecule has 1 aliphatic rings. The Morgan fingerprint density at radius 3 is 2.80 bits per heavy atom. The summed E-state index contributed by atoms with van der Waals surface area (Å²) in [6.07, 6.45) is 0.651. The number of aliphatic imine (C=N–C) groups is 1. The van der Waals surface area contributed by atoms with Crippen LogP contribution >= 0.6 is 0 Å². The fourth-order valence-corrected chi connectivity index (χ4v) is 4.32. The third-order valence-corrected chi connectivity index (χ3v) is 5.81. The molecule has 1 unspecified atom stereocenters. The van der Waals surface area contributed by atoms with Crippen LogP contribution in [0.1, 0.15) is 38.2 Å². The number of hydrogen-bond acceptors (Lipinski definition) is 4. The highest BCUT2D eigenvalue weighted by atomic mass is 32.2. The van der Waals surface area contributed by atoms with Crippen molar-refractivity contribution >= 4 is 27.4 Å². The predicted octanol–water partition coefficient (Wildman–Crippen LogP) is 1.23. The maximum atomic E-state index is 11.8. The lowest BCUT2D eigenvalue weighted by atomic mass is 10.0. The zero-order valence-electron chi connectivity index (χ0n) is 14.7. The van der Waals surface area contributed by atoms with Gasteiger partial charge in [-0.05, 0) is 30.0 Å². The summed E-state index contributed by atoms with van der Waals surface area (Å²) in [4.78, 5) is 16.0. The molecule has 1 amide bonds. The van der Waals surface area contributed by atoms with Crippen molar-refractivity contribution in [3.05, 3.63) is 29.8 Å². The van der Waals surface area contributed by atoms with Crippen molar-refractivity contribution < 1.29 is 13.2 Å². The fourth-order valence-electron chi connectivity index (χ4n) is 2.65. The van der Waals surface area contributed by atoms with Gasteiger partial charge in [-0.2, -0.15) is 0 Å². The fraction of sp³-hybridized carbons (Fsp3) is 0.529. The van der Waals surface area contributed by atoms with Crippen molar-refractivity contribution in [3.63, 3.8) is 0 Å². The molecule has 4 N–H and O–H groups in total. The molecular formula is C17H26N4O3S. The Morgan fingerprint density at radius 1 is 1.40 bits per heavy atom. The molecule has 25 heavy (non-hydrogen) atoms. The molecule has 0 aromatic heterocycles. The van der Waals surface area contributed by atoms with Crippen molar-refractivity contribution in [2.24, 2.45) is 10.7 Å². The van der Waals surface area contributed by atoms with Crippen molar-refractivity contribution in [1.29, 1.82) is 0 Å². The van der Waals surface area contributed by atoms with Gasteiger partial charge in [0.2, 0.25) is 5.91 Å². The van der Waals surface area contributed by atoms with Crippen molar-refractivity contribution in [2.75, 3.05) is 23.4 Å². The normalized spacial score (nSPS) is 19.8. The highest BCUT2D eigenvalue weighted by molar-refractivity contribution is 7.91. The minimum atomic E-state index is -2.99. The SMILES string of the molecule is CC(C)c1cccc(NC(N)=NCCC(=O)NC2CCS(=O)(=O)C2)c1. The highest BCUT2D eigenvalue weighted by Crippen LogP contribution is 2.18. The summed E-state index contributed by atoms with van der Waals surface area (Å²) in [5.74, 6) is 0.626. The van der Waals surface area contributed by atoms with E-state index in [0.717, 1.165) is 5.69 Å². The number of rotatable bonds is 6.